The molecule has 1 rings (SSSR count). The van der Waals surface area contributed by atoms with Crippen LogP contribution in [0, 0.1) is 0 Å². The van der Waals surface area contributed by atoms with Crippen molar-refractivity contribution in [3.8, 4) is 0 Å². The maximum Gasteiger partial charge on any atom is 0.0741 e. The molecule has 0 aliphatic rings. The van der Waals surface area contributed by atoms with Crippen molar-refractivity contribution >= 4 is 0 Å². The maximum atomic E-state index is 9.72. The average molecular weight is 194 g/mol. The molecule has 1 atom stereocenters. The Morgan fingerprint density at radius 3 is 2.86 bits per heavy atom. The van der Waals surface area contributed by atoms with Gasteiger partial charge in [0.05, 0.1) is 11.3 Å². The third kappa shape index (κ3) is 3.85. The van der Waals surface area contributed by atoms with Crippen LogP contribution in [0.3, 0.4) is 0 Å². The van der Waals surface area contributed by atoms with Crippen LogP contribution in [0.2, 0.25) is 0 Å². The van der Waals surface area contributed by atoms with Crippen LogP contribution in [-0.4, -0.2) is 22.2 Å². The minimum absolute atomic E-state index is 0.597. The molecule has 3 nitrogen and oxygen atoms in total. The van der Waals surface area contributed by atoms with Gasteiger partial charge in [-0.25, -0.2) is 0 Å². The molecular formula is C11H18N2O. The Balaban J connectivity index is 2.29. The summed E-state index contributed by atoms with van der Waals surface area (Å²) in [6.45, 7) is 5.11. The number of nitrogens with one attached hydrogen (secondary N) is 1. The summed E-state index contributed by atoms with van der Waals surface area (Å²) in [6, 6.07) is 5.82. The number of aromatic nitrogens is 1. The van der Waals surface area contributed by atoms with Crippen molar-refractivity contribution in [3.05, 3.63) is 30.1 Å². The van der Waals surface area contributed by atoms with E-state index in [1.165, 1.54) is 0 Å². The molecule has 0 amide bonds. The lowest BCUT2D eigenvalue weighted by atomic mass is 10.0. The third-order valence-corrected chi connectivity index (χ3v) is 2.30. The molecule has 0 aliphatic heterocycles. The molecule has 0 bridgehead atoms. The lowest BCUT2D eigenvalue weighted by Gasteiger charge is -2.21. The fourth-order valence-corrected chi connectivity index (χ4v) is 1.09. The van der Waals surface area contributed by atoms with E-state index in [1.807, 2.05) is 32.0 Å². The Morgan fingerprint density at radius 2 is 2.29 bits per heavy atom. The molecule has 0 radical (unpaired) electrons. The summed E-state index contributed by atoms with van der Waals surface area (Å²) in [6.07, 6.45) is 2.52. The van der Waals surface area contributed by atoms with Crippen molar-refractivity contribution in [3.63, 3.8) is 0 Å². The summed E-state index contributed by atoms with van der Waals surface area (Å²) in [7, 11) is 0. The average Bonchev–Trinajstić information content (AvgIpc) is 2.19. The Hall–Kier alpha value is -0.930. The van der Waals surface area contributed by atoms with E-state index in [1.54, 1.807) is 6.20 Å². The van der Waals surface area contributed by atoms with Gasteiger partial charge in [0.1, 0.15) is 0 Å². The minimum atomic E-state index is -0.616. The van der Waals surface area contributed by atoms with Crippen molar-refractivity contribution in [1.82, 2.24) is 10.3 Å². The van der Waals surface area contributed by atoms with Crippen LogP contribution in [0.25, 0.3) is 0 Å². The fourth-order valence-electron chi connectivity index (χ4n) is 1.09. The lowest BCUT2D eigenvalue weighted by Crippen LogP contribution is -2.36. The van der Waals surface area contributed by atoms with Crippen molar-refractivity contribution in [2.45, 2.75) is 32.4 Å². The number of nitrogens with zero attached hydrogens (tertiary/aromatic N) is 1. The van der Waals surface area contributed by atoms with Crippen LogP contribution < -0.4 is 5.32 Å². The molecule has 1 heterocycles. The number of hydrogen-bond donors (Lipinski definition) is 2. The van der Waals surface area contributed by atoms with E-state index < -0.39 is 5.60 Å². The second-order valence-electron chi connectivity index (χ2n) is 3.78. The first-order valence-electron chi connectivity index (χ1n) is 4.97. The van der Waals surface area contributed by atoms with Gasteiger partial charge in [-0.05, 0) is 25.5 Å². The van der Waals surface area contributed by atoms with Crippen LogP contribution in [-0.2, 0) is 6.54 Å². The van der Waals surface area contributed by atoms with E-state index in [9.17, 15) is 5.11 Å². The van der Waals surface area contributed by atoms with Gasteiger partial charge in [0.25, 0.3) is 0 Å². The Morgan fingerprint density at radius 1 is 1.50 bits per heavy atom. The van der Waals surface area contributed by atoms with Gasteiger partial charge in [0.15, 0.2) is 0 Å². The van der Waals surface area contributed by atoms with Gasteiger partial charge in [0.2, 0.25) is 0 Å². The molecule has 0 saturated heterocycles. The second kappa shape index (κ2) is 5.08. The zero-order valence-electron chi connectivity index (χ0n) is 8.83. The van der Waals surface area contributed by atoms with Crippen molar-refractivity contribution < 1.29 is 5.11 Å². The summed E-state index contributed by atoms with van der Waals surface area (Å²) in [5.41, 5.74) is 0.383. The normalized spacial score (nSPS) is 15.1. The first kappa shape index (κ1) is 11.1. The predicted octanol–water partition coefficient (Wildman–Crippen LogP) is 1.33. The van der Waals surface area contributed by atoms with E-state index in [2.05, 4.69) is 10.3 Å². The Kier molecular flexibility index (Phi) is 4.04. The van der Waals surface area contributed by atoms with Gasteiger partial charge in [-0.3, -0.25) is 4.98 Å². The highest BCUT2D eigenvalue weighted by molar-refractivity contribution is 5.02. The number of rotatable bonds is 5. The zero-order valence-corrected chi connectivity index (χ0v) is 8.83. The summed E-state index contributed by atoms with van der Waals surface area (Å²) in [5, 5.41) is 12.9. The van der Waals surface area contributed by atoms with Crippen LogP contribution in [0.4, 0.5) is 0 Å². The molecule has 1 unspecified atom stereocenters. The fraction of sp³-hybridized carbons (Fsp3) is 0.545. The molecule has 1 aromatic heterocycles. The van der Waals surface area contributed by atoms with Crippen LogP contribution in [0.15, 0.2) is 24.4 Å². The highest BCUT2D eigenvalue weighted by Gasteiger charge is 2.16. The molecule has 0 aliphatic carbocycles. The molecule has 3 heteroatoms. The van der Waals surface area contributed by atoms with Gasteiger partial charge >= 0.3 is 0 Å². The van der Waals surface area contributed by atoms with Crippen molar-refractivity contribution in [1.29, 1.82) is 0 Å². The topological polar surface area (TPSA) is 45.1 Å². The smallest absolute Gasteiger partial charge is 0.0741 e. The number of aliphatic hydroxyl groups is 1. The summed E-state index contributed by atoms with van der Waals surface area (Å²) < 4.78 is 0. The molecule has 0 fully saturated rings. The SMILES string of the molecule is CCC(C)(O)CNCc1ccccn1. The van der Waals surface area contributed by atoms with Crippen molar-refractivity contribution in [2.75, 3.05) is 6.54 Å². The lowest BCUT2D eigenvalue weighted by molar-refractivity contribution is 0.0555. The van der Waals surface area contributed by atoms with Gasteiger partial charge in [-0.15, -0.1) is 0 Å². The second-order valence-corrected chi connectivity index (χ2v) is 3.78. The van der Waals surface area contributed by atoms with E-state index in [0.717, 1.165) is 12.1 Å². The summed E-state index contributed by atoms with van der Waals surface area (Å²) in [4.78, 5) is 4.18. The molecule has 2 N–H and O–H groups in total. The van der Waals surface area contributed by atoms with Crippen LogP contribution in [0.1, 0.15) is 26.0 Å². The summed E-state index contributed by atoms with van der Waals surface area (Å²) >= 11 is 0. The van der Waals surface area contributed by atoms with Crippen LogP contribution >= 0.6 is 0 Å². The molecule has 14 heavy (non-hydrogen) atoms. The molecule has 0 spiro atoms. The zero-order chi connectivity index (χ0) is 10.4. The van der Waals surface area contributed by atoms with E-state index in [-0.39, 0.29) is 0 Å². The predicted molar refractivity (Wildman–Crippen MR) is 56.9 cm³/mol. The van der Waals surface area contributed by atoms with Crippen molar-refractivity contribution in [2.24, 2.45) is 0 Å². The van der Waals surface area contributed by atoms with Gasteiger partial charge in [0, 0.05) is 19.3 Å². The summed E-state index contributed by atoms with van der Waals surface area (Å²) in [5.74, 6) is 0. The van der Waals surface area contributed by atoms with Gasteiger partial charge < -0.3 is 10.4 Å². The number of hydrogen-bond acceptors (Lipinski definition) is 3. The standard InChI is InChI=1S/C11H18N2O/c1-3-11(2,14)9-12-8-10-6-4-5-7-13-10/h4-7,12,14H,3,8-9H2,1-2H3. The molecular weight excluding hydrogens is 176 g/mol. The van der Waals surface area contributed by atoms with Gasteiger partial charge in [-0.2, -0.15) is 0 Å². The Labute approximate surface area is 85.2 Å². The largest absolute Gasteiger partial charge is 0.389 e. The molecule has 1 aromatic rings. The maximum absolute atomic E-state index is 9.72. The van der Waals surface area contributed by atoms with E-state index in [0.29, 0.717) is 13.1 Å². The highest BCUT2D eigenvalue weighted by Crippen LogP contribution is 2.06. The first-order valence-corrected chi connectivity index (χ1v) is 4.97. The Bertz CT molecular complexity index is 259. The van der Waals surface area contributed by atoms with E-state index >= 15 is 0 Å². The van der Waals surface area contributed by atoms with Gasteiger partial charge in [-0.1, -0.05) is 13.0 Å². The monoisotopic (exact) mass is 194 g/mol. The quantitative estimate of drug-likeness (QED) is 0.743. The first-order chi connectivity index (χ1) is 6.64. The minimum Gasteiger partial charge on any atom is -0.389 e. The number of pyridine rings is 1. The molecule has 0 aromatic carbocycles. The van der Waals surface area contributed by atoms with E-state index in [4.69, 9.17) is 0 Å². The third-order valence-electron chi connectivity index (χ3n) is 2.30. The molecule has 78 valence electrons. The molecule has 0 saturated carbocycles. The highest BCUT2D eigenvalue weighted by atomic mass is 16.3. The van der Waals surface area contributed by atoms with Crippen LogP contribution in [0.5, 0.6) is 0 Å².